The lowest BCUT2D eigenvalue weighted by molar-refractivity contribution is 0.617. The highest BCUT2D eigenvalue weighted by Gasteiger charge is 2.10. The molecule has 4 rings (SSSR count). The van der Waals surface area contributed by atoms with E-state index in [1.165, 1.54) is 6.07 Å². The lowest BCUT2D eigenvalue weighted by Crippen LogP contribution is -1.97. The van der Waals surface area contributed by atoms with Gasteiger partial charge in [0, 0.05) is 16.0 Å². The van der Waals surface area contributed by atoms with E-state index >= 15 is 0 Å². The third-order valence-electron chi connectivity index (χ3n) is 4.39. The maximum atomic E-state index is 13.5. The molecule has 4 aromatic rings. The molecule has 0 saturated carbocycles. The highest BCUT2D eigenvalue weighted by atomic mass is 35.5. The molecule has 0 saturated heterocycles. The van der Waals surface area contributed by atoms with Gasteiger partial charge < -0.3 is 0 Å². The summed E-state index contributed by atoms with van der Waals surface area (Å²) in [5.41, 5.74) is 5.60. The average molecular weight is 351 g/mol. The van der Waals surface area contributed by atoms with Crippen molar-refractivity contribution in [2.24, 2.45) is 0 Å². The Hall–Kier alpha value is -2.65. The minimum atomic E-state index is -0.212. The van der Waals surface area contributed by atoms with Gasteiger partial charge in [0.05, 0.1) is 17.4 Å². The number of hydrogen-bond donors (Lipinski definition) is 0. The molecule has 0 bridgehead atoms. The standard InChI is InChI=1S/C21H16ClFN2/c1-13-3-6-18(19(22)9-13)15-4-8-21-16(11-15)12-24-25(21)17-5-7-20(23)14(2)10-17/h3-12H,1-2H3. The largest absolute Gasteiger partial charge is 0.233 e. The minimum absolute atomic E-state index is 0.212. The third kappa shape index (κ3) is 2.81. The Morgan fingerprint density at radius 1 is 0.960 bits per heavy atom. The van der Waals surface area contributed by atoms with Crippen LogP contribution in [0.3, 0.4) is 0 Å². The number of halogens is 2. The summed E-state index contributed by atoms with van der Waals surface area (Å²) in [5, 5.41) is 6.22. The highest BCUT2D eigenvalue weighted by Crippen LogP contribution is 2.31. The number of nitrogens with zero attached hydrogens (tertiary/aromatic N) is 2. The second-order valence-corrected chi connectivity index (χ2v) is 6.65. The van der Waals surface area contributed by atoms with E-state index in [0.717, 1.165) is 38.3 Å². The molecule has 0 aliphatic carbocycles. The Balaban J connectivity index is 1.82. The van der Waals surface area contributed by atoms with E-state index in [2.05, 4.69) is 17.2 Å². The summed E-state index contributed by atoms with van der Waals surface area (Å²) in [6, 6.07) is 17.2. The lowest BCUT2D eigenvalue weighted by Gasteiger charge is -2.08. The van der Waals surface area contributed by atoms with Crippen LogP contribution in [0.4, 0.5) is 4.39 Å². The number of fused-ring (bicyclic) bond motifs is 1. The van der Waals surface area contributed by atoms with E-state index in [9.17, 15) is 4.39 Å². The summed E-state index contributed by atoms with van der Waals surface area (Å²) < 4.78 is 15.3. The molecule has 4 heteroatoms. The fraction of sp³-hybridized carbons (Fsp3) is 0.0952. The third-order valence-corrected chi connectivity index (χ3v) is 4.70. The predicted molar refractivity (Wildman–Crippen MR) is 101 cm³/mol. The molecule has 0 fully saturated rings. The molecule has 0 spiro atoms. The normalized spacial score (nSPS) is 11.2. The molecule has 25 heavy (non-hydrogen) atoms. The van der Waals surface area contributed by atoms with Gasteiger partial charge in [0.1, 0.15) is 5.82 Å². The minimum Gasteiger partial charge on any atom is -0.233 e. The average Bonchev–Trinajstić information content (AvgIpc) is 3.00. The van der Waals surface area contributed by atoms with Crippen LogP contribution in [0.2, 0.25) is 5.02 Å². The van der Waals surface area contributed by atoms with E-state index in [-0.39, 0.29) is 5.82 Å². The number of hydrogen-bond acceptors (Lipinski definition) is 1. The second-order valence-electron chi connectivity index (χ2n) is 6.25. The van der Waals surface area contributed by atoms with Crippen molar-refractivity contribution in [3.8, 4) is 16.8 Å². The van der Waals surface area contributed by atoms with Crippen molar-refractivity contribution in [3.05, 3.63) is 82.8 Å². The fourth-order valence-corrected chi connectivity index (χ4v) is 3.37. The molecule has 0 N–H and O–H groups in total. The molecule has 3 aromatic carbocycles. The SMILES string of the molecule is Cc1ccc(-c2ccc3c(cnn3-c3ccc(F)c(C)c3)c2)c(Cl)c1. The van der Waals surface area contributed by atoms with E-state index in [4.69, 9.17) is 11.6 Å². The van der Waals surface area contributed by atoms with Crippen LogP contribution >= 0.6 is 11.6 Å². The highest BCUT2D eigenvalue weighted by molar-refractivity contribution is 6.33. The van der Waals surface area contributed by atoms with Crippen molar-refractivity contribution in [1.82, 2.24) is 9.78 Å². The van der Waals surface area contributed by atoms with Gasteiger partial charge in [-0.1, -0.05) is 29.8 Å². The zero-order valence-corrected chi connectivity index (χ0v) is 14.7. The Morgan fingerprint density at radius 2 is 1.80 bits per heavy atom. The first-order valence-corrected chi connectivity index (χ1v) is 8.41. The van der Waals surface area contributed by atoms with Crippen molar-refractivity contribution in [2.45, 2.75) is 13.8 Å². The first kappa shape index (κ1) is 15.9. The van der Waals surface area contributed by atoms with Gasteiger partial charge in [0.25, 0.3) is 0 Å². The first-order chi connectivity index (χ1) is 12.0. The number of rotatable bonds is 2. The lowest BCUT2D eigenvalue weighted by atomic mass is 10.0. The van der Waals surface area contributed by atoms with Crippen LogP contribution in [-0.2, 0) is 0 Å². The zero-order valence-electron chi connectivity index (χ0n) is 13.9. The van der Waals surface area contributed by atoms with E-state index < -0.39 is 0 Å². The van der Waals surface area contributed by atoms with Crippen LogP contribution in [0.25, 0.3) is 27.7 Å². The number of aromatic nitrogens is 2. The Bertz CT molecular complexity index is 1100. The van der Waals surface area contributed by atoms with Gasteiger partial charge in [-0.2, -0.15) is 5.10 Å². The molecule has 0 atom stereocenters. The van der Waals surface area contributed by atoms with Gasteiger partial charge in [-0.15, -0.1) is 0 Å². The van der Waals surface area contributed by atoms with E-state index in [1.54, 1.807) is 19.1 Å². The summed E-state index contributed by atoms with van der Waals surface area (Å²) in [5.74, 6) is -0.212. The summed E-state index contributed by atoms with van der Waals surface area (Å²) in [4.78, 5) is 0. The molecule has 0 amide bonds. The molecular weight excluding hydrogens is 335 g/mol. The van der Waals surface area contributed by atoms with Gasteiger partial charge >= 0.3 is 0 Å². The van der Waals surface area contributed by atoms with Gasteiger partial charge in [-0.3, -0.25) is 0 Å². The van der Waals surface area contributed by atoms with Crippen molar-refractivity contribution in [1.29, 1.82) is 0 Å². The molecule has 0 aliphatic heterocycles. The topological polar surface area (TPSA) is 17.8 Å². The number of benzene rings is 3. The van der Waals surface area contributed by atoms with Gasteiger partial charge in [0.15, 0.2) is 0 Å². The number of aryl methyl sites for hydroxylation is 2. The first-order valence-electron chi connectivity index (χ1n) is 8.04. The van der Waals surface area contributed by atoms with Crippen LogP contribution in [-0.4, -0.2) is 9.78 Å². The molecule has 0 aliphatic rings. The maximum absolute atomic E-state index is 13.5. The Labute approximate surface area is 150 Å². The molecule has 1 heterocycles. The maximum Gasteiger partial charge on any atom is 0.126 e. The second kappa shape index (κ2) is 6.01. The zero-order chi connectivity index (χ0) is 17.6. The summed E-state index contributed by atoms with van der Waals surface area (Å²) in [7, 11) is 0. The van der Waals surface area contributed by atoms with Crippen LogP contribution < -0.4 is 0 Å². The van der Waals surface area contributed by atoms with Crippen molar-refractivity contribution in [2.75, 3.05) is 0 Å². The fourth-order valence-electron chi connectivity index (χ4n) is 3.02. The molecule has 2 nitrogen and oxygen atoms in total. The van der Waals surface area contributed by atoms with Crippen LogP contribution in [0, 0.1) is 19.7 Å². The van der Waals surface area contributed by atoms with Gasteiger partial charge in [0.2, 0.25) is 0 Å². The quantitative estimate of drug-likeness (QED) is 0.427. The van der Waals surface area contributed by atoms with Crippen molar-refractivity contribution >= 4 is 22.5 Å². The summed E-state index contributed by atoms with van der Waals surface area (Å²) in [6.07, 6.45) is 1.82. The molecule has 1 aromatic heterocycles. The van der Waals surface area contributed by atoms with Crippen LogP contribution in [0.15, 0.2) is 60.8 Å². The smallest absolute Gasteiger partial charge is 0.126 e. The van der Waals surface area contributed by atoms with Crippen molar-refractivity contribution < 1.29 is 4.39 Å². The monoisotopic (exact) mass is 350 g/mol. The molecular formula is C21H16ClFN2. The van der Waals surface area contributed by atoms with Gasteiger partial charge in [-0.25, -0.2) is 9.07 Å². The van der Waals surface area contributed by atoms with Gasteiger partial charge in [-0.05, 0) is 66.9 Å². The summed E-state index contributed by atoms with van der Waals surface area (Å²) >= 11 is 6.39. The van der Waals surface area contributed by atoms with E-state index in [1.807, 2.05) is 42.1 Å². The molecule has 0 unspecified atom stereocenters. The molecule has 124 valence electrons. The Morgan fingerprint density at radius 3 is 2.56 bits per heavy atom. The van der Waals surface area contributed by atoms with Crippen LogP contribution in [0.1, 0.15) is 11.1 Å². The van der Waals surface area contributed by atoms with Crippen LogP contribution in [0.5, 0.6) is 0 Å². The summed E-state index contributed by atoms with van der Waals surface area (Å²) in [6.45, 7) is 3.77. The molecule has 0 radical (unpaired) electrons. The van der Waals surface area contributed by atoms with E-state index in [0.29, 0.717) is 5.56 Å². The predicted octanol–water partition coefficient (Wildman–Crippen LogP) is 6.10. The Kier molecular flexibility index (Phi) is 3.81. The van der Waals surface area contributed by atoms with Crippen molar-refractivity contribution in [3.63, 3.8) is 0 Å².